The van der Waals surface area contributed by atoms with Crippen LogP contribution in [0.25, 0.3) is 6.08 Å². The lowest BCUT2D eigenvalue weighted by Gasteiger charge is -2.34. The monoisotopic (exact) mass is 449 g/mol. The molecule has 5 nitrogen and oxygen atoms in total. The van der Waals surface area contributed by atoms with E-state index in [1.54, 1.807) is 7.11 Å². The van der Waals surface area contributed by atoms with Crippen molar-refractivity contribution in [2.24, 2.45) is 0 Å². The number of aromatic nitrogens is 1. The van der Waals surface area contributed by atoms with Crippen LogP contribution in [0.15, 0.2) is 30.3 Å². The minimum absolute atomic E-state index is 0.301. The lowest BCUT2D eigenvalue weighted by molar-refractivity contribution is -0.132. The molecule has 1 saturated heterocycles. The number of anilines is 1. The molecule has 1 atom stereocenters. The number of nitrogens with two attached hydrogens (primary N) is 1. The van der Waals surface area contributed by atoms with Gasteiger partial charge in [-0.05, 0) is 80.7 Å². The number of allylic oxidation sites excluding steroid dienone is 1. The molecule has 1 amide bonds. The zero-order chi connectivity index (χ0) is 23.2. The maximum atomic E-state index is 13.1. The second kappa shape index (κ2) is 11.1. The third-order valence-corrected chi connectivity index (χ3v) is 7.27. The summed E-state index contributed by atoms with van der Waals surface area (Å²) in [5.74, 6) is 0.719. The van der Waals surface area contributed by atoms with Gasteiger partial charge in [0.25, 0.3) is 0 Å². The summed E-state index contributed by atoms with van der Waals surface area (Å²) < 4.78 is 7.91. The van der Waals surface area contributed by atoms with Crippen molar-refractivity contribution >= 4 is 17.7 Å². The Bertz CT molecular complexity index is 974. The van der Waals surface area contributed by atoms with Crippen LogP contribution in [0.5, 0.6) is 0 Å². The Morgan fingerprint density at radius 1 is 1.21 bits per heavy atom. The van der Waals surface area contributed by atoms with Gasteiger partial charge in [0.2, 0.25) is 5.91 Å². The molecule has 1 aromatic carbocycles. The number of aryl methyl sites for hydroxylation is 1. The Labute approximate surface area is 198 Å². The number of carbonyl (C=O) groups is 1. The second-order valence-electron chi connectivity index (χ2n) is 9.58. The molecule has 0 radical (unpaired) electrons. The molecule has 2 N–H and O–H groups in total. The Morgan fingerprint density at radius 3 is 2.82 bits per heavy atom. The van der Waals surface area contributed by atoms with Crippen LogP contribution in [0.3, 0.4) is 0 Å². The van der Waals surface area contributed by atoms with E-state index in [0.717, 1.165) is 76.9 Å². The van der Waals surface area contributed by atoms with Crippen molar-refractivity contribution in [2.75, 3.05) is 32.5 Å². The number of methoxy groups -OCH3 is 1. The Balaban J connectivity index is 1.43. The molecular weight excluding hydrogens is 410 g/mol. The smallest absolute Gasteiger partial charge is 0.222 e. The third kappa shape index (κ3) is 5.52. The van der Waals surface area contributed by atoms with Crippen molar-refractivity contribution in [3.63, 3.8) is 0 Å². The number of piperidine rings is 1. The number of fused-ring (bicyclic) bond motifs is 1. The summed E-state index contributed by atoms with van der Waals surface area (Å²) >= 11 is 0. The molecule has 5 heteroatoms. The molecule has 0 spiro atoms. The van der Waals surface area contributed by atoms with Gasteiger partial charge in [-0.1, -0.05) is 24.3 Å². The number of ether oxygens (including phenoxy) is 1. The van der Waals surface area contributed by atoms with Gasteiger partial charge >= 0.3 is 0 Å². The summed E-state index contributed by atoms with van der Waals surface area (Å²) in [6.45, 7) is 5.80. The number of nitrogen functional groups attached to an aromatic ring is 1. The fraction of sp³-hybridized carbons (Fsp3) is 0.536. The molecule has 33 heavy (non-hydrogen) atoms. The number of hydrogen-bond acceptors (Lipinski definition) is 3. The zero-order valence-electron chi connectivity index (χ0n) is 20.3. The van der Waals surface area contributed by atoms with Gasteiger partial charge in [0, 0.05) is 62.8 Å². The average Bonchev–Trinajstić information content (AvgIpc) is 3.12. The van der Waals surface area contributed by atoms with E-state index >= 15 is 0 Å². The van der Waals surface area contributed by atoms with E-state index in [1.165, 1.54) is 28.1 Å². The van der Waals surface area contributed by atoms with Gasteiger partial charge < -0.3 is 19.9 Å². The Morgan fingerprint density at radius 2 is 2.03 bits per heavy atom. The predicted molar refractivity (Wildman–Crippen MR) is 135 cm³/mol. The van der Waals surface area contributed by atoms with E-state index in [0.29, 0.717) is 18.2 Å². The highest BCUT2D eigenvalue weighted by Gasteiger charge is 2.30. The molecule has 1 aliphatic heterocycles. The second-order valence-corrected chi connectivity index (χ2v) is 9.58. The molecule has 178 valence electrons. The molecule has 2 aliphatic rings. The van der Waals surface area contributed by atoms with E-state index in [9.17, 15) is 4.79 Å². The largest absolute Gasteiger partial charge is 0.399 e. The predicted octanol–water partition coefficient (Wildman–Crippen LogP) is 5.10. The normalized spacial score (nSPS) is 17.9. The van der Waals surface area contributed by atoms with Crippen molar-refractivity contribution in [1.29, 1.82) is 0 Å². The third-order valence-electron chi connectivity index (χ3n) is 7.27. The van der Waals surface area contributed by atoms with Crippen molar-refractivity contribution in [2.45, 2.75) is 70.8 Å². The summed E-state index contributed by atoms with van der Waals surface area (Å²) in [6.07, 6.45) is 12.5. The summed E-state index contributed by atoms with van der Waals surface area (Å²) in [4.78, 5) is 15.2. The molecule has 1 aliphatic carbocycles. The first-order valence-electron chi connectivity index (χ1n) is 12.6. The number of amides is 1. The minimum Gasteiger partial charge on any atom is -0.399 e. The summed E-state index contributed by atoms with van der Waals surface area (Å²) in [5, 5.41) is 0. The summed E-state index contributed by atoms with van der Waals surface area (Å²) in [6, 6.07) is 8.00. The summed E-state index contributed by atoms with van der Waals surface area (Å²) in [5.41, 5.74) is 13.6. The van der Waals surface area contributed by atoms with E-state index in [-0.39, 0.29) is 0 Å². The van der Waals surface area contributed by atoms with Gasteiger partial charge in [-0.25, -0.2) is 0 Å². The Kier molecular flexibility index (Phi) is 7.92. The van der Waals surface area contributed by atoms with Gasteiger partial charge in [0.15, 0.2) is 0 Å². The molecule has 2 aromatic rings. The van der Waals surface area contributed by atoms with Crippen LogP contribution in [-0.2, 0) is 28.9 Å². The van der Waals surface area contributed by atoms with Gasteiger partial charge in [-0.3, -0.25) is 4.79 Å². The number of nitrogens with zero attached hydrogens (tertiary/aromatic N) is 2. The van der Waals surface area contributed by atoms with Gasteiger partial charge in [0.05, 0.1) is 0 Å². The van der Waals surface area contributed by atoms with Crippen LogP contribution in [0, 0.1) is 6.92 Å². The highest BCUT2D eigenvalue weighted by Crippen LogP contribution is 2.37. The van der Waals surface area contributed by atoms with Crippen molar-refractivity contribution < 1.29 is 9.53 Å². The number of rotatable bonds is 9. The van der Waals surface area contributed by atoms with Crippen LogP contribution < -0.4 is 5.73 Å². The number of benzene rings is 1. The first kappa shape index (κ1) is 23.6. The first-order chi connectivity index (χ1) is 16.1. The van der Waals surface area contributed by atoms with E-state index in [4.69, 9.17) is 10.5 Å². The fourth-order valence-electron chi connectivity index (χ4n) is 5.62. The highest BCUT2D eigenvalue weighted by molar-refractivity contribution is 5.76. The maximum Gasteiger partial charge on any atom is 0.222 e. The lowest BCUT2D eigenvalue weighted by atomic mass is 9.91. The van der Waals surface area contributed by atoms with E-state index in [1.807, 2.05) is 12.1 Å². The molecule has 1 aromatic heterocycles. The summed E-state index contributed by atoms with van der Waals surface area (Å²) in [7, 11) is 1.78. The lowest BCUT2D eigenvalue weighted by Crippen LogP contribution is -2.39. The zero-order valence-corrected chi connectivity index (χ0v) is 20.3. The molecule has 2 heterocycles. The van der Waals surface area contributed by atoms with Crippen LogP contribution in [0.1, 0.15) is 72.5 Å². The molecule has 1 fully saturated rings. The van der Waals surface area contributed by atoms with Crippen LogP contribution in [0.4, 0.5) is 5.69 Å². The van der Waals surface area contributed by atoms with Crippen molar-refractivity contribution in [1.82, 2.24) is 9.47 Å². The van der Waals surface area contributed by atoms with Crippen LogP contribution in [0.2, 0.25) is 0 Å². The quantitative estimate of drug-likeness (QED) is 0.428. The van der Waals surface area contributed by atoms with E-state index in [2.05, 4.69) is 40.7 Å². The molecule has 4 rings (SSSR count). The number of carbonyl (C=O) groups excluding carboxylic acids is 1. The minimum atomic E-state index is 0.301. The SMILES string of the molecule is COCCCn1c2c(c(C)c1C1CCCN(C(=O)CCCc3ccc(N)cc3)C1)C=CCC2. The first-order valence-corrected chi connectivity index (χ1v) is 12.6. The van der Waals surface area contributed by atoms with Crippen LogP contribution in [-0.4, -0.2) is 42.2 Å². The van der Waals surface area contributed by atoms with Crippen molar-refractivity contribution in [3.05, 3.63) is 58.4 Å². The van der Waals surface area contributed by atoms with Gasteiger partial charge in [-0.2, -0.15) is 0 Å². The molecular formula is C28H39N3O2. The van der Waals surface area contributed by atoms with Gasteiger partial charge in [-0.15, -0.1) is 0 Å². The molecule has 0 bridgehead atoms. The van der Waals surface area contributed by atoms with Crippen molar-refractivity contribution in [3.8, 4) is 0 Å². The van der Waals surface area contributed by atoms with E-state index < -0.39 is 0 Å². The van der Waals surface area contributed by atoms with Gasteiger partial charge in [0.1, 0.15) is 0 Å². The Hall–Kier alpha value is -2.53. The standard InChI is InChI=1S/C28H39N3O2/c1-21-25-10-3-4-11-26(25)31(18-7-19-33-2)28(21)23-9-6-17-30(20-23)27(32)12-5-8-22-13-15-24(29)16-14-22/h3,10,13-16,23H,4-9,11-12,17-20,29H2,1-2H3. The topological polar surface area (TPSA) is 60.5 Å². The highest BCUT2D eigenvalue weighted by atomic mass is 16.5. The maximum absolute atomic E-state index is 13.1. The average molecular weight is 450 g/mol. The van der Waals surface area contributed by atoms with Crippen LogP contribution >= 0.6 is 0 Å². The molecule has 1 unspecified atom stereocenters. The number of hydrogen-bond donors (Lipinski definition) is 1. The fourth-order valence-corrected chi connectivity index (χ4v) is 5.62. The molecule has 0 saturated carbocycles. The number of likely N-dealkylation sites (tertiary alicyclic amines) is 1.